The molecule has 1 amide bonds. The standard InChI is InChI=1S/C23H27ClFN3O3/c1-31-23(30)22(19-4-2-3-5-20(19)24)28-14-12-27(13-15-28)16-21(29)26-11-10-17-6-8-18(25)9-7-17/h2-9,22H,10-16H2,1H3,(H,26,29). The lowest BCUT2D eigenvalue weighted by Gasteiger charge is -2.38. The lowest BCUT2D eigenvalue weighted by molar-refractivity contribution is -0.148. The van der Waals surface area contributed by atoms with Crippen molar-refractivity contribution in [1.29, 1.82) is 0 Å². The molecular weight excluding hydrogens is 421 g/mol. The van der Waals surface area contributed by atoms with E-state index < -0.39 is 6.04 Å². The van der Waals surface area contributed by atoms with Crippen molar-refractivity contribution in [2.24, 2.45) is 0 Å². The van der Waals surface area contributed by atoms with Crippen LogP contribution in [0.1, 0.15) is 17.2 Å². The highest BCUT2D eigenvalue weighted by molar-refractivity contribution is 6.31. The van der Waals surface area contributed by atoms with E-state index in [-0.39, 0.29) is 17.7 Å². The molecule has 1 heterocycles. The van der Waals surface area contributed by atoms with Gasteiger partial charge < -0.3 is 10.1 Å². The fourth-order valence-electron chi connectivity index (χ4n) is 3.72. The molecule has 0 saturated carbocycles. The summed E-state index contributed by atoms with van der Waals surface area (Å²) in [6, 6.07) is 13.0. The quantitative estimate of drug-likeness (QED) is 0.630. The Morgan fingerprint density at radius 1 is 1.10 bits per heavy atom. The van der Waals surface area contributed by atoms with Gasteiger partial charge in [-0.05, 0) is 35.7 Å². The Morgan fingerprint density at radius 2 is 1.77 bits per heavy atom. The van der Waals surface area contributed by atoms with Crippen LogP contribution in [-0.2, 0) is 20.7 Å². The van der Waals surface area contributed by atoms with Crippen molar-refractivity contribution < 1.29 is 18.7 Å². The van der Waals surface area contributed by atoms with Gasteiger partial charge in [0.1, 0.15) is 11.9 Å². The largest absolute Gasteiger partial charge is 0.468 e. The molecule has 31 heavy (non-hydrogen) atoms. The summed E-state index contributed by atoms with van der Waals surface area (Å²) in [6.07, 6.45) is 0.651. The Labute approximate surface area is 186 Å². The number of carbonyl (C=O) groups is 2. The number of nitrogens with one attached hydrogen (secondary N) is 1. The second-order valence-corrected chi connectivity index (χ2v) is 7.89. The highest BCUT2D eigenvalue weighted by Gasteiger charge is 2.32. The van der Waals surface area contributed by atoms with Crippen molar-refractivity contribution in [1.82, 2.24) is 15.1 Å². The minimum Gasteiger partial charge on any atom is -0.468 e. The van der Waals surface area contributed by atoms with Gasteiger partial charge in [-0.15, -0.1) is 0 Å². The first-order chi connectivity index (χ1) is 15.0. The Bertz CT molecular complexity index is 886. The van der Waals surface area contributed by atoms with Gasteiger partial charge in [0.05, 0.1) is 13.7 Å². The first-order valence-electron chi connectivity index (χ1n) is 10.3. The first kappa shape index (κ1) is 23.2. The van der Waals surface area contributed by atoms with E-state index in [1.54, 1.807) is 18.2 Å². The summed E-state index contributed by atoms with van der Waals surface area (Å²) in [5.74, 6) is -0.665. The summed E-state index contributed by atoms with van der Waals surface area (Å²) in [4.78, 5) is 28.8. The van der Waals surface area contributed by atoms with E-state index in [2.05, 4.69) is 10.2 Å². The fourth-order valence-corrected chi connectivity index (χ4v) is 3.96. The number of esters is 1. The number of methoxy groups -OCH3 is 1. The molecule has 3 rings (SSSR count). The van der Waals surface area contributed by atoms with Crippen molar-refractivity contribution >= 4 is 23.5 Å². The van der Waals surface area contributed by atoms with Crippen LogP contribution in [0.4, 0.5) is 4.39 Å². The van der Waals surface area contributed by atoms with Crippen LogP contribution >= 0.6 is 11.6 Å². The molecule has 1 atom stereocenters. The molecule has 1 unspecified atom stereocenters. The van der Waals surface area contributed by atoms with E-state index in [0.29, 0.717) is 50.7 Å². The first-order valence-corrected chi connectivity index (χ1v) is 10.7. The van der Waals surface area contributed by atoms with Crippen molar-refractivity contribution in [2.45, 2.75) is 12.5 Å². The molecule has 0 aromatic heterocycles. The molecule has 0 radical (unpaired) electrons. The van der Waals surface area contributed by atoms with E-state index in [4.69, 9.17) is 16.3 Å². The number of piperazine rings is 1. The van der Waals surface area contributed by atoms with Gasteiger partial charge in [-0.25, -0.2) is 9.18 Å². The summed E-state index contributed by atoms with van der Waals surface area (Å²) in [7, 11) is 1.37. The molecule has 0 aliphatic carbocycles. The molecule has 0 spiro atoms. The molecule has 6 nitrogen and oxygen atoms in total. The third-order valence-electron chi connectivity index (χ3n) is 5.41. The molecule has 1 fully saturated rings. The SMILES string of the molecule is COC(=O)C(c1ccccc1Cl)N1CCN(CC(=O)NCCc2ccc(F)cc2)CC1. The summed E-state index contributed by atoms with van der Waals surface area (Å²) in [5.41, 5.74) is 1.70. The maximum absolute atomic E-state index is 12.9. The Hall–Kier alpha value is -2.48. The predicted molar refractivity (Wildman–Crippen MR) is 117 cm³/mol. The number of carbonyl (C=O) groups excluding carboxylic acids is 2. The molecular formula is C23H27ClFN3O3. The number of nitrogens with zero attached hydrogens (tertiary/aromatic N) is 2. The second kappa shape index (κ2) is 11.2. The lowest BCUT2D eigenvalue weighted by atomic mass is 10.0. The van der Waals surface area contributed by atoms with Crippen molar-refractivity contribution in [2.75, 3.05) is 46.4 Å². The minimum absolute atomic E-state index is 0.0498. The molecule has 2 aromatic rings. The van der Waals surface area contributed by atoms with E-state index >= 15 is 0 Å². The Balaban J connectivity index is 1.47. The average Bonchev–Trinajstić information content (AvgIpc) is 2.77. The third kappa shape index (κ3) is 6.50. The zero-order valence-corrected chi connectivity index (χ0v) is 18.3. The Kier molecular flexibility index (Phi) is 8.40. The molecule has 8 heteroatoms. The average molecular weight is 448 g/mol. The number of ether oxygens (including phenoxy) is 1. The number of hydrogen-bond donors (Lipinski definition) is 1. The number of halogens is 2. The van der Waals surface area contributed by atoms with Crippen LogP contribution in [0.3, 0.4) is 0 Å². The van der Waals surface area contributed by atoms with Gasteiger partial charge in [0.25, 0.3) is 0 Å². The van der Waals surface area contributed by atoms with Crippen molar-refractivity contribution in [3.63, 3.8) is 0 Å². The van der Waals surface area contributed by atoms with Gasteiger partial charge in [-0.2, -0.15) is 0 Å². The molecule has 166 valence electrons. The van der Waals surface area contributed by atoms with Gasteiger partial charge in [0, 0.05) is 37.7 Å². The second-order valence-electron chi connectivity index (χ2n) is 7.49. The molecule has 1 saturated heterocycles. The summed E-state index contributed by atoms with van der Waals surface area (Å²) in [5, 5.41) is 3.44. The third-order valence-corrected chi connectivity index (χ3v) is 5.76. The van der Waals surface area contributed by atoms with Gasteiger partial charge in [-0.3, -0.25) is 14.6 Å². The zero-order valence-electron chi connectivity index (χ0n) is 17.5. The van der Waals surface area contributed by atoms with E-state index in [1.807, 2.05) is 23.1 Å². The van der Waals surface area contributed by atoms with Crippen molar-refractivity contribution in [3.05, 3.63) is 70.5 Å². The highest BCUT2D eigenvalue weighted by Crippen LogP contribution is 2.29. The molecule has 0 bridgehead atoms. The molecule has 1 aliphatic heterocycles. The Morgan fingerprint density at radius 3 is 2.42 bits per heavy atom. The predicted octanol–water partition coefficient (Wildman–Crippen LogP) is 2.67. The number of hydrogen-bond acceptors (Lipinski definition) is 5. The summed E-state index contributed by atoms with van der Waals surface area (Å²) < 4.78 is 18.0. The topological polar surface area (TPSA) is 61.9 Å². The van der Waals surface area contributed by atoms with Gasteiger partial charge in [0.2, 0.25) is 5.91 Å². The van der Waals surface area contributed by atoms with Crippen LogP contribution < -0.4 is 5.32 Å². The molecule has 2 aromatic carbocycles. The minimum atomic E-state index is -0.564. The molecule has 1 N–H and O–H groups in total. The maximum atomic E-state index is 12.9. The number of rotatable bonds is 8. The smallest absolute Gasteiger partial charge is 0.327 e. The van der Waals surface area contributed by atoms with E-state index in [0.717, 1.165) is 11.1 Å². The van der Waals surface area contributed by atoms with Gasteiger partial charge >= 0.3 is 5.97 Å². The van der Waals surface area contributed by atoms with Crippen LogP contribution in [0.5, 0.6) is 0 Å². The van der Waals surface area contributed by atoms with Crippen LogP contribution in [0.15, 0.2) is 48.5 Å². The monoisotopic (exact) mass is 447 g/mol. The number of amides is 1. The van der Waals surface area contributed by atoms with E-state index in [1.165, 1.54) is 19.2 Å². The summed E-state index contributed by atoms with van der Waals surface area (Å²) in [6.45, 7) is 3.35. The van der Waals surface area contributed by atoms with Crippen LogP contribution in [0.25, 0.3) is 0 Å². The van der Waals surface area contributed by atoms with Crippen LogP contribution in [0, 0.1) is 5.82 Å². The molecule has 1 aliphatic rings. The van der Waals surface area contributed by atoms with Gasteiger partial charge in [0.15, 0.2) is 0 Å². The van der Waals surface area contributed by atoms with Crippen LogP contribution in [0.2, 0.25) is 5.02 Å². The number of benzene rings is 2. The highest BCUT2D eigenvalue weighted by atomic mass is 35.5. The maximum Gasteiger partial charge on any atom is 0.327 e. The zero-order chi connectivity index (χ0) is 22.2. The fraction of sp³-hybridized carbons (Fsp3) is 0.391. The van der Waals surface area contributed by atoms with E-state index in [9.17, 15) is 14.0 Å². The normalized spacial score (nSPS) is 16.0. The van der Waals surface area contributed by atoms with Gasteiger partial charge in [-0.1, -0.05) is 41.9 Å². The summed E-state index contributed by atoms with van der Waals surface area (Å²) >= 11 is 6.32. The lowest BCUT2D eigenvalue weighted by Crippen LogP contribution is -2.51. The van der Waals surface area contributed by atoms with Crippen LogP contribution in [-0.4, -0.2) is 68.1 Å². The van der Waals surface area contributed by atoms with Crippen molar-refractivity contribution in [3.8, 4) is 0 Å².